The molecule has 0 heterocycles. The third kappa shape index (κ3) is 34.0. The first-order chi connectivity index (χ1) is 31.5. The van der Waals surface area contributed by atoms with E-state index in [4.69, 9.17) is 123 Å². The number of guanidine groups is 4. The summed E-state index contributed by atoms with van der Waals surface area (Å²) in [6.07, 6.45) is -12.0. The number of nitrogens with zero attached hydrogens (tertiary/aromatic N) is 4. The van der Waals surface area contributed by atoms with Crippen molar-refractivity contribution < 1.29 is 86.2 Å². The predicted octanol–water partition coefficient (Wildman–Crippen LogP) is -4.68. The average molecular weight is 1010 g/mol. The Morgan fingerprint density at radius 1 is 0.537 bits per heavy atom. The highest BCUT2D eigenvalue weighted by atomic mass is 35.5. The summed E-state index contributed by atoms with van der Waals surface area (Å²) in [5, 5.41) is 134. The molecule has 0 radical (unpaired) electrons. The number of unbranched alkanes of at least 4 members (excludes halogenated alkanes) is 3. The van der Waals surface area contributed by atoms with Crippen LogP contribution in [-0.2, 0) is 9.59 Å². The van der Waals surface area contributed by atoms with Gasteiger partial charge in [0.2, 0.25) is 23.8 Å². The van der Waals surface area contributed by atoms with Crippen molar-refractivity contribution in [3.63, 3.8) is 0 Å². The first-order valence-electron chi connectivity index (χ1n) is 19.8. The standard InChI is InChI=1S/C22H30Cl2N10.2C6H12O7.C2H6O2.C2H6O/c23-15-5-9-17(10-6-15)31-21(27)33-19(25)29-13-3-1-2-4-14-30-20(26)34-22(28)32-18-11-7-16(24)8-12-18;2*7-1-2(8)3(9)4(10)5(11)6(12)13;3-1-2-4;1-2-3/h5-12H,1-4,13-14H2,(H5,25,27,29,31,33)(H5,26,28,30,32,34);2*2-5,7-11H,1H2,(H,12,13);3-4H,1-2H2;3H,2H2,1H3/t;2*2-,3-,4+,5-;;/m.11../s1. The first-order valence-corrected chi connectivity index (χ1v) is 20.5. The molecule has 0 aromatic heterocycles. The summed E-state index contributed by atoms with van der Waals surface area (Å²) in [5.74, 6) is -2.89. The summed E-state index contributed by atoms with van der Waals surface area (Å²) in [6.45, 7) is 1.12. The van der Waals surface area contributed by atoms with Crippen LogP contribution in [0.2, 0.25) is 10.0 Å². The quantitative estimate of drug-likeness (QED) is 0.0337. The zero-order valence-corrected chi connectivity index (χ0v) is 37.9. The second kappa shape index (κ2) is 40.0. The van der Waals surface area contributed by atoms with Crippen LogP contribution in [-0.4, -0.2) is 207 Å². The summed E-state index contributed by atoms with van der Waals surface area (Å²) in [6, 6.07) is 14.1. The maximum atomic E-state index is 10.1. The Kier molecular flexibility index (Phi) is 39.5. The molecule has 0 saturated heterocycles. The van der Waals surface area contributed by atoms with E-state index < -0.39 is 74.0 Å². The Morgan fingerprint density at radius 2 is 0.821 bits per heavy atom. The van der Waals surface area contributed by atoms with Crippen LogP contribution in [0.1, 0.15) is 32.6 Å². The van der Waals surface area contributed by atoms with E-state index in [-0.39, 0.29) is 43.7 Å². The zero-order valence-electron chi connectivity index (χ0n) is 36.4. The van der Waals surface area contributed by atoms with Crippen LogP contribution in [0.15, 0.2) is 68.5 Å². The van der Waals surface area contributed by atoms with Gasteiger partial charge in [0.15, 0.2) is 12.2 Å². The average Bonchev–Trinajstić information content (AvgIpc) is 3.29. The number of aliphatic hydroxyl groups excluding tert-OH is 13. The minimum absolute atomic E-state index is 0.124. The van der Waals surface area contributed by atoms with Crippen molar-refractivity contribution in [2.45, 2.75) is 81.4 Å². The van der Waals surface area contributed by atoms with Gasteiger partial charge in [-0.15, -0.1) is 0 Å². The van der Waals surface area contributed by atoms with Crippen molar-refractivity contribution in [2.24, 2.45) is 42.9 Å². The fraction of sp³-hybridized carbons (Fsp3) is 0.526. The second-order valence-electron chi connectivity index (χ2n) is 12.9. The van der Waals surface area contributed by atoms with Crippen LogP contribution in [0.5, 0.6) is 0 Å². The van der Waals surface area contributed by atoms with E-state index in [1.54, 1.807) is 55.5 Å². The van der Waals surface area contributed by atoms with Crippen molar-refractivity contribution in [3.8, 4) is 0 Å². The molecule has 8 atom stereocenters. The van der Waals surface area contributed by atoms with Crippen LogP contribution in [0.3, 0.4) is 0 Å². The van der Waals surface area contributed by atoms with Gasteiger partial charge in [-0.3, -0.25) is 9.98 Å². The number of nitrogens with two attached hydrogens (primary N) is 4. The number of anilines is 2. The van der Waals surface area contributed by atoms with E-state index >= 15 is 0 Å². The summed E-state index contributed by atoms with van der Waals surface area (Å²) in [5.41, 5.74) is 24.8. The number of aliphatic hydroxyl groups is 13. The molecule has 29 heteroatoms. The lowest BCUT2D eigenvalue weighted by atomic mass is 10.0. The number of nitrogens with one attached hydrogen (secondary N) is 2. The third-order valence-electron chi connectivity index (χ3n) is 7.43. The highest BCUT2D eigenvalue weighted by Gasteiger charge is 2.34. The number of aliphatic carboxylic acids is 2. The zero-order chi connectivity index (χ0) is 52.1. The highest BCUT2D eigenvalue weighted by molar-refractivity contribution is 6.31. The van der Waals surface area contributed by atoms with E-state index in [0.717, 1.165) is 37.1 Å². The summed E-state index contributed by atoms with van der Waals surface area (Å²) < 4.78 is 0. The predicted molar refractivity (Wildman–Crippen MR) is 249 cm³/mol. The second-order valence-corrected chi connectivity index (χ2v) is 13.8. The molecule has 384 valence electrons. The Balaban J connectivity index is -0.00000101. The Labute approximate surface area is 395 Å². The van der Waals surface area contributed by atoms with Gasteiger partial charge in [-0.05, 0) is 68.3 Å². The molecule has 25 N–H and O–H groups in total. The fourth-order valence-electron chi connectivity index (χ4n) is 4.04. The van der Waals surface area contributed by atoms with Crippen LogP contribution < -0.4 is 33.6 Å². The van der Waals surface area contributed by atoms with E-state index in [2.05, 4.69) is 30.6 Å². The molecular formula is C38H66Cl2N10O17. The number of rotatable bonds is 20. The van der Waals surface area contributed by atoms with Crippen molar-refractivity contribution in [3.05, 3.63) is 58.6 Å². The van der Waals surface area contributed by atoms with Crippen molar-refractivity contribution in [1.29, 1.82) is 0 Å². The molecule has 2 aromatic rings. The van der Waals surface area contributed by atoms with Crippen LogP contribution in [0, 0.1) is 0 Å². The van der Waals surface area contributed by atoms with Gasteiger partial charge in [0.1, 0.15) is 36.6 Å². The number of aliphatic imine (C=N–C) groups is 4. The van der Waals surface area contributed by atoms with E-state index in [0.29, 0.717) is 23.1 Å². The SMILES string of the molecule is CCO.NC(=NCCCCCCN=C(N)N=C(N)Nc1ccc(Cl)cc1)N=C(N)Nc1ccc(Cl)cc1.O=C(O)[C@H](O)[C@@H](O)[C@H](O)[C@H](O)CO.O=C(O)[C@H](O)[C@@H](O)[C@H](O)[C@H](O)CO.OCCO. The van der Waals surface area contributed by atoms with Gasteiger partial charge in [0.05, 0.1) is 26.4 Å². The number of carboxylic acids is 2. The molecule has 0 aliphatic rings. The molecular weight excluding hydrogens is 939 g/mol. The first kappa shape index (κ1) is 66.2. The van der Waals surface area contributed by atoms with Gasteiger partial charge in [-0.1, -0.05) is 36.0 Å². The molecule has 0 bridgehead atoms. The van der Waals surface area contributed by atoms with Gasteiger partial charge >= 0.3 is 11.9 Å². The van der Waals surface area contributed by atoms with Gasteiger partial charge in [0.25, 0.3) is 0 Å². The summed E-state index contributed by atoms with van der Waals surface area (Å²) in [4.78, 5) is 36.7. The maximum absolute atomic E-state index is 10.1. The van der Waals surface area contributed by atoms with Gasteiger partial charge < -0.3 is 110 Å². The monoisotopic (exact) mass is 1000 g/mol. The topological polar surface area (TPSA) is 515 Å². The van der Waals surface area contributed by atoms with E-state index in [1.165, 1.54) is 0 Å². The molecule has 0 amide bonds. The number of halogens is 2. The lowest BCUT2D eigenvalue weighted by Crippen LogP contribution is -2.48. The lowest BCUT2D eigenvalue weighted by molar-refractivity contribution is -0.164. The van der Waals surface area contributed by atoms with Crippen LogP contribution >= 0.6 is 23.2 Å². The molecule has 0 fully saturated rings. The molecule has 0 unspecified atom stereocenters. The number of hydrogen-bond donors (Lipinski definition) is 21. The number of carbonyl (C=O) groups is 2. The Hall–Kier alpha value is -5.08. The third-order valence-corrected chi connectivity index (χ3v) is 7.94. The molecule has 0 spiro atoms. The van der Waals surface area contributed by atoms with Crippen LogP contribution in [0.25, 0.3) is 0 Å². The normalized spacial score (nSPS) is 15.3. The largest absolute Gasteiger partial charge is 0.479 e. The molecule has 0 aliphatic carbocycles. The van der Waals surface area contributed by atoms with Gasteiger partial charge in [-0.25, -0.2) is 9.59 Å². The number of hydrogen-bond acceptors (Lipinski definition) is 17. The number of carboxylic acid groups (broad SMARTS) is 2. The van der Waals surface area contributed by atoms with Crippen molar-refractivity contribution in [2.75, 3.05) is 56.8 Å². The molecule has 0 aliphatic heterocycles. The Bertz CT molecular complexity index is 1610. The summed E-state index contributed by atoms with van der Waals surface area (Å²) in [7, 11) is 0. The Morgan fingerprint density at radius 3 is 1.06 bits per heavy atom. The molecule has 2 aromatic carbocycles. The molecule has 0 saturated carbocycles. The van der Waals surface area contributed by atoms with Gasteiger partial charge in [0, 0.05) is 41.1 Å². The summed E-state index contributed by atoms with van der Waals surface area (Å²) >= 11 is 11.7. The van der Waals surface area contributed by atoms with E-state index in [9.17, 15) is 9.59 Å². The van der Waals surface area contributed by atoms with E-state index in [1.807, 2.05) is 0 Å². The number of benzene rings is 2. The lowest BCUT2D eigenvalue weighted by Gasteiger charge is -2.23. The molecule has 2 rings (SSSR count). The highest BCUT2D eigenvalue weighted by Crippen LogP contribution is 2.14. The molecule has 67 heavy (non-hydrogen) atoms. The molecule has 27 nitrogen and oxygen atoms in total. The van der Waals surface area contributed by atoms with Crippen molar-refractivity contribution in [1.82, 2.24) is 0 Å². The minimum atomic E-state index is -2.20. The van der Waals surface area contributed by atoms with Crippen LogP contribution in [0.4, 0.5) is 11.4 Å². The smallest absolute Gasteiger partial charge is 0.335 e. The maximum Gasteiger partial charge on any atom is 0.335 e. The fourth-order valence-corrected chi connectivity index (χ4v) is 4.29. The minimum Gasteiger partial charge on any atom is -0.479 e. The van der Waals surface area contributed by atoms with Gasteiger partial charge in [-0.2, -0.15) is 9.98 Å². The van der Waals surface area contributed by atoms with Crippen molar-refractivity contribution >= 4 is 70.4 Å².